The van der Waals surface area contributed by atoms with E-state index in [-0.39, 0.29) is 17.6 Å². The molecular weight excluding hydrogens is 319 g/mol. The second-order valence-electron chi connectivity index (χ2n) is 6.38. The smallest absolute Gasteiger partial charge is 0.264 e. The molecule has 23 heavy (non-hydrogen) atoms. The van der Waals surface area contributed by atoms with Gasteiger partial charge in [-0.25, -0.2) is 14.1 Å². The maximum absolute atomic E-state index is 13.4. The van der Waals surface area contributed by atoms with E-state index >= 15 is 0 Å². The zero-order valence-electron chi connectivity index (χ0n) is 13.0. The zero-order chi connectivity index (χ0) is 16.8. The highest BCUT2D eigenvalue weighted by atomic mass is 35.5. The van der Waals surface area contributed by atoms with E-state index in [4.69, 9.17) is 11.6 Å². The topological polar surface area (TPSA) is 52.7 Å². The van der Waals surface area contributed by atoms with E-state index in [0.29, 0.717) is 21.6 Å². The Morgan fingerprint density at radius 2 is 2.04 bits per heavy atom. The predicted molar refractivity (Wildman–Crippen MR) is 87.3 cm³/mol. The molecule has 5 nitrogen and oxygen atoms in total. The predicted octanol–water partition coefficient (Wildman–Crippen LogP) is 3.19. The largest absolute Gasteiger partial charge is 0.294 e. The molecule has 0 atom stereocenters. The van der Waals surface area contributed by atoms with Crippen LogP contribution in [0.4, 0.5) is 4.39 Å². The molecule has 0 saturated carbocycles. The van der Waals surface area contributed by atoms with Gasteiger partial charge in [0.1, 0.15) is 17.5 Å². The standard InChI is InChI=1S/C16H16ClFN4O/c1-16(2,3)22-14-12(7-20-22)15(23)21(9-19-14)8-10-6-11(18)4-5-13(10)17/h4-7,9H,8H2,1-3H3. The maximum atomic E-state index is 13.4. The minimum Gasteiger partial charge on any atom is -0.294 e. The van der Waals surface area contributed by atoms with Crippen molar-refractivity contribution in [2.24, 2.45) is 0 Å². The van der Waals surface area contributed by atoms with Crippen LogP contribution in [-0.4, -0.2) is 19.3 Å². The molecule has 0 amide bonds. The average Bonchev–Trinajstić information content (AvgIpc) is 2.90. The summed E-state index contributed by atoms with van der Waals surface area (Å²) in [6.45, 7) is 6.11. The highest BCUT2D eigenvalue weighted by Gasteiger charge is 2.19. The van der Waals surface area contributed by atoms with E-state index in [1.807, 2.05) is 20.8 Å². The summed E-state index contributed by atoms with van der Waals surface area (Å²) in [6, 6.07) is 4.07. The van der Waals surface area contributed by atoms with E-state index in [9.17, 15) is 9.18 Å². The fraction of sp³-hybridized carbons (Fsp3) is 0.312. The summed E-state index contributed by atoms with van der Waals surface area (Å²) < 4.78 is 16.5. The monoisotopic (exact) mass is 334 g/mol. The van der Waals surface area contributed by atoms with Crippen LogP contribution < -0.4 is 5.56 Å². The Balaban J connectivity index is 2.09. The fourth-order valence-electron chi connectivity index (χ4n) is 2.40. The van der Waals surface area contributed by atoms with Gasteiger partial charge in [0.25, 0.3) is 5.56 Å². The third-order valence-electron chi connectivity index (χ3n) is 3.54. The molecule has 0 radical (unpaired) electrons. The van der Waals surface area contributed by atoms with E-state index in [1.54, 1.807) is 4.68 Å². The first-order valence-corrected chi connectivity index (χ1v) is 7.53. The van der Waals surface area contributed by atoms with Crippen LogP contribution in [0.1, 0.15) is 26.3 Å². The van der Waals surface area contributed by atoms with E-state index in [1.165, 1.54) is 35.3 Å². The second kappa shape index (κ2) is 5.45. The summed E-state index contributed by atoms with van der Waals surface area (Å²) in [5, 5.41) is 5.09. The van der Waals surface area contributed by atoms with Gasteiger partial charge in [0.15, 0.2) is 5.65 Å². The number of nitrogens with zero attached hydrogens (tertiary/aromatic N) is 4. The van der Waals surface area contributed by atoms with Crippen molar-refractivity contribution >= 4 is 22.6 Å². The quantitative estimate of drug-likeness (QED) is 0.723. The van der Waals surface area contributed by atoms with Crippen LogP contribution in [0.15, 0.2) is 35.5 Å². The molecule has 2 aromatic heterocycles. The Kier molecular flexibility index (Phi) is 3.72. The number of fused-ring (bicyclic) bond motifs is 1. The summed E-state index contributed by atoms with van der Waals surface area (Å²) in [5.74, 6) is -0.396. The van der Waals surface area contributed by atoms with Gasteiger partial charge in [-0.3, -0.25) is 9.36 Å². The third-order valence-corrected chi connectivity index (χ3v) is 3.91. The van der Waals surface area contributed by atoms with E-state index < -0.39 is 5.82 Å². The van der Waals surface area contributed by atoms with Gasteiger partial charge < -0.3 is 0 Å². The Morgan fingerprint density at radius 3 is 2.74 bits per heavy atom. The molecule has 0 aliphatic heterocycles. The first kappa shape index (κ1) is 15.7. The van der Waals surface area contributed by atoms with Crippen LogP contribution >= 0.6 is 11.6 Å². The van der Waals surface area contributed by atoms with Crippen LogP contribution in [0, 0.1) is 5.82 Å². The Hall–Kier alpha value is -2.21. The molecule has 0 unspecified atom stereocenters. The van der Waals surface area contributed by atoms with Crippen molar-refractivity contribution in [2.45, 2.75) is 32.9 Å². The Morgan fingerprint density at radius 1 is 1.30 bits per heavy atom. The number of aromatic nitrogens is 4. The lowest BCUT2D eigenvalue weighted by atomic mass is 10.1. The van der Waals surface area contributed by atoms with Crippen LogP contribution in [0.25, 0.3) is 11.0 Å². The molecule has 0 aliphatic carbocycles. The number of halogens is 2. The van der Waals surface area contributed by atoms with E-state index in [0.717, 1.165) is 0 Å². The number of hydrogen-bond donors (Lipinski definition) is 0. The molecule has 1 aromatic carbocycles. The highest BCUT2D eigenvalue weighted by Crippen LogP contribution is 2.20. The van der Waals surface area contributed by atoms with Gasteiger partial charge >= 0.3 is 0 Å². The van der Waals surface area contributed by atoms with E-state index in [2.05, 4.69) is 10.1 Å². The Labute approximate surface area is 137 Å². The molecule has 0 saturated heterocycles. The maximum Gasteiger partial charge on any atom is 0.264 e. The average molecular weight is 335 g/mol. The number of hydrogen-bond acceptors (Lipinski definition) is 3. The van der Waals surface area contributed by atoms with Crippen molar-refractivity contribution in [1.82, 2.24) is 19.3 Å². The van der Waals surface area contributed by atoms with Gasteiger partial charge in [-0.1, -0.05) is 11.6 Å². The number of rotatable bonds is 2. The fourth-order valence-corrected chi connectivity index (χ4v) is 2.58. The van der Waals surface area contributed by atoms with Crippen LogP contribution in [0.5, 0.6) is 0 Å². The summed E-state index contributed by atoms with van der Waals surface area (Å²) >= 11 is 6.06. The molecule has 3 aromatic rings. The Bertz CT molecular complexity index is 939. The van der Waals surface area contributed by atoms with Crippen LogP contribution in [-0.2, 0) is 12.1 Å². The summed E-state index contributed by atoms with van der Waals surface area (Å²) in [7, 11) is 0. The van der Waals surface area contributed by atoms with Crippen LogP contribution in [0.2, 0.25) is 5.02 Å². The lowest BCUT2D eigenvalue weighted by Crippen LogP contribution is -2.25. The molecule has 0 spiro atoms. The zero-order valence-corrected chi connectivity index (χ0v) is 13.8. The van der Waals surface area contributed by atoms with Crippen LogP contribution in [0.3, 0.4) is 0 Å². The van der Waals surface area contributed by atoms with Crippen molar-refractivity contribution in [1.29, 1.82) is 0 Å². The van der Waals surface area contributed by atoms with Crippen molar-refractivity contribution < 1.29 is 4.39 Å². The molecule has 120 valence electrons. The summed E-state index contributed by atoms with van der Waals surface area (Å²) in [6.07, 6.45) is 2.95. The van der Waals surface area contributed by atoms with Crippen molar-refractivity contribution in [3.63, 3.8) is 0 Å². The lowest BCUT2D eigenvalue weighted by molar-refractivity contribution is 0.365. The first-order valence-electron chi connectivity index (χ1n) is 7.15. The summed E-state index contributed by atoms with van der Waals surface area (Å²) in [5.41, 5.74) is 0.548. The SMILES string of the molecule is CC(C)(C)n1ncc2c(=O)n(Cc3cc(F)ccc3Cl)cnc21. The molecule has 0 bridgehead atoms. The van der Waals surface area contributed by atoms with Gasteiger partial charge in [0, 0.05) is 5.02 Å². The van der Waals surface area contributed by atoms with Crippen molar-refractivity contribution in [2.75, 3.05) is 0 Å². The minimum atomic E-state index is -0.396. The molecule has 3 rings (SSSR count). The molecule has 0 aliphatic rings. The van der Waals surface area contributed by atoms with Gasteiger partial charge in [0.05, 0.1) is 18.3 Å². The molecule has 0 N–H and O–H groups in total. The van der Waals surface area contributed by atoms with Gasteiger partial charge in [-0.05, 0) is 44.5 Å². The third kappa shape index (κ3) is 2.86. The lowest BCUT2D eigenvalue weighted by Gasteiger charge is -2.19. The number of benzene rings is 1. The molecule has 0 fully saturated rings. The highest BCUT2D eigenvalue weighted by molar-refractivity contribution is 6.31. The minimum absolute atomic E-state index is 0.152. The van der Waals surface area contributed by atoms with Crippen molar-refractivity contribution in [3.8, 4) is 0 Å². The van der Waals surface area contributed by atoms with Gasteiger partial charge in [0.2, 0.25) is 0 Å². The second-order valence-corrected chi connectivity index (χ2v) is 6.79. The van der Waals surface area contributed by atoms with Gasteiger partial charge in [-0.2, -0.15) is 5.10 Å². The van der Waals surface area contributed by atoms with Crippen molar-refractivity contribution in [3.05, 3.63) is 57.5 Å². The molecule has 7 heteroatoms. The molecular formula is C16H16ClFN4O. The molecule has 2 heterocycles. The first-order chi connectivity index (χ1) is 10.8. The van der Waals surface area contributed by atoms with Gasteiger partial charge in [-0.15, -0.1) is 0 Å². The normalized spacial score (nSPS) is 12.0. The summed E-state index contributed by atoms with van der Waals surface area (Å²) in [4.78, 5) is 16.9.